The fraction of sp³-hybridized carbons (Fsp3) is 0.611. The van der Waals surface area contributed by atoms with Crippen LogP contribution in [0.2, 0.25) is 0 Å². The molecule has 1 amide bonds. The number of allylic oxidation sites excluding steroid dienone is 2. The molecule has 1 aliphatic carbocycles. The van der Waals surface area contributed by atoms with Crippen molar-refractivity contribution in [3.63, 3.8) is 0 Å². The third-order valence-corrected chi connectivity index (χ3v) is 5.25. The molecule has 0 N–H and O–H groups in total. The molecule has 0 saturated carbocycles. The number of hydrogen-bond donors (Lipinski definition) is 0. The van der Waals surface area contributed by atoms with Crippen molar-refractivity contribution >= 4 is 5.91 Å². The summed E-state index contributed by atoms with van der Waals surface area (Å²) in [6, 6.07) is 0. The summed E-state index contributed by atoms with van der Waals surface area (Å²) in [7, 11) is 0. The van der Waals surface area contributed by atoms with Gasteiger partial charge < -0.3 is 4.90 Å². The van der Waals surface area contributed by atoms with Crippen molar-refractivity contribution in [3.05, 3.63) is 40.1 Å². The quantitative estimate of drug-likeness (QED) is 0.802. The largest absolute Gasteiger partial charge is 0.342 e. The van der Waals surface area contributed by atoms with Crippen molar-refractivity contribution in [1.29, 1.82) is 0 Å². The van der Waals surface area contributed by atoms with Crippen LogP contribution in [0.4, 0.5) is 0 Å². The number of nitrogens with zero attached hydrogens (tertiary/aromatic N) is 3. The topological polar surface area (TPSA) is 55.2 Å². The van der Waals surface area contributed by atoms with Crippen LogP contribution in [0.1, 0.15) is 36.9 Å². The normalized spacial score (nSPS) is 19.5. The number of carbonyl (C=O) groups excluding carboxylic acids is 1. The van der Waals surface area contributed by atoms with E-state index in [1.165, 1.54) is 0 Å². The van der Waals surface area contributed by atoms with Gasteiger partial charge in [0.2, 0.25) is 5.91 Å². The maximum atomic E-state index is 12.4. The van der Waals surface area contributed by atoms with Crippen LogP contribution in [-0.2, 0) is 11.3 Å². The maximum Gasteiger partial charge on any atom is 0.256 e. The minimum absolute atomic E-state index is 0.0630. The van der Waals surface area contributed by atoms with Crippen molar-refractivity contribution in [1.82, 2.24) is 14.5 Å². The van der Waals surface area contributed by atoms with Gasteiger partial charge in [0, 0.05) is 36.8 Å². The SMILES string of the molecule is Cc1ncn(CC2CCN(C(=O)C3CC=CC3)CC2)c(=O)c1C. The second-order valence-corrected chi connectivity index (χ2v) is 6.82. The van der Waals surface area contributed by atoms with Crippen LogP contribution in [0.3, 0.4) is 0 Å². The molecule has 0 aromatic carbocycles. The molecule has 1 aromatic heterocycles. The predicted molar refractivity (Wildman–Crippen MR) is 89.1 cm³/mol. The number of hydrogen-bond acceptors (Lipinski definition) is 3. The molecule has 1 saturated heterocycles. The zero-order chi connectivity index (χ0) is 16.4. The first-order valence-corrected chi connectivity index (χ1v) is 8.52. The van der Waals surface area contributed by atoms with Gasteiger partial charge in [-0.3, -0.25) is 14.2 Å². The third kappa shape index (κ3) is 3.38. The van der Waals surface area contributed by atoms with E-state index < -0.39 is 0 Å². The molecule has 0 spiro atoms. The summed E-state index contributed by atoms with van der Waals surface area (Å²) in [6.07, 6.45) is 9.58. The standard InChI is InChI=1S/C18H25N3O2/c1-13-14(2)19-12-21(17(13)22)11-15-7-9-20(10-8-15)18(23)16-5-3-4-6-16/h3-4,12,15-16H,5-11H2,1-2H3. The van der Waals surface area contributed by atoms with Crippen molar-refractivity contribution < 1.29 is 4.79 Å². The Morgan fingerprint density at radius 2 is 1.87 bits per heavy atom. The summed E-state index contributed by atoms with van der Waals surface area (Å²) in [5.74, 6) is 0.916. The van der Waals surface area contributed by atoms with Crippen LogP contribution in [0.15, 0.2) is 23.3 Å². The Hall–Kier alpha value is -1.91. The molecular formula is C18H25N3O2. The Kier molecular flexibility index (Phi) is 4.64. The molecule has 0 unspecified atom stereocenters. The minimum Gasteiger partial charge on any atom is -0.342 e. The van der Waals surface area contributed by atoms with Gasteiger partial charge in [0.25, 0.3) is 5.56 Å². The molecule has 1 aliphatic heterocycles. The molecule has 2 aliphatic rings. The molecular weight excluding hydrogens is 290 g/mol. The first-order valence-electron chi connectivity index (χ1n) is 8.52. The van der Waals surface area contributed by atoms with E-state index in [0.717, 1.165) is 50.0 Å². The van der Waals surface area contributed by atoms with Gasteiger partial charge in [-0.15, -0.1) is 0 Å². The highest BCUT2D eigenvalue weighted by Gasteiger charge is 2.28. The molecule has 0 atom stereocenters. The highest BCUT2D eigenvalue weighted by Crippen LogP contribution is 2.24. The highest BCUT2D eigenvalue weighted by molar-refractivity contribution is 5.79. The Balaban J connectivity index is 1.56. The second-order valence-electron chi connectivity index (χ2n) is 6.82. The van der Waals surface area contributed by atoms with Gasteiger partial charge >= 0.3 is 0 Å². The maximum absolute atomic E-state index is 12.4. The van der Waals surface area contributed by atoms with Crippen molar-refractivity contribution in [2.24, 2.45) is 11.8 Å². The lowest BCUT2D eigenvalue weighted by Gasteiger charge is -2.33. The van der Waals surface area contributed by atoms with E-state index >= 15 is 0 Å². The number of amides is 1. The van der Waals surface area contributed by atoms with E-state index in [9.17, 15) is 9.59 Å². The van der Waals surface area contributed by atoms with Crippen LogP contribution in [-0.4, -0.2) is 33.4 Å². The van der Waals surface area contributed by atoms with Gasteiger partial charge in [-0.2, -0.15) is 0 Å². The molecule has 3 rings (SSSR count). The Bertz CT molecular complexity index is 661. The van der Waals surface area contributed by atoms with Crippen molar-refractivity contribution in [3.8, 4) is 0 Å². The molecule has 5 nitrogen and oxygen atoms in total. The van der Waals surface area contributed by atoms with Gasteiger partial charge in [-0.1, -0.05) is 12.2 Å². The molecule has 1 aromatic rings. The van der Waals surface area contributed by atoms with Gasteiger partial charge in [0.15, 0.2) is 0 Å². The summed E-state index contributed by atoms with van der Waals surface area (Å²) in [5.41, 5.74) is 1.60. The van der Waals surface area contributed by atoms with Crippen molar-refractivity contribution in [2.75, 3.05) is 13.1 Å². The van der Waals surface area contributed by atoms with Crippen LogP contribution in [0.5, 0.6) is 0 Å². The highest BCUT2D eigenvalue weighted by atomic mass is 16.2. The summed E-state index contributed by atoms with van der Waals surface area (Å²) >= 11 is 0. The van der Waals surface area contributed by atoms with E-state index in [-0.39, 0.29) is 11.5 Å². The third-order valence-electron chi connectivity index (χ3n) is 5.25. The first kappa shape index (κ1) is 16.0. The second kappa shape index (κ2) is 6.69. The minimum atomic E-state index is 0.0630. The zero-order valence-electron chi connectivity index (χ0n) is 14.0. The summed E-state index contributed by atoms with van der Waals surface area (Å²) in [5, 5.41) is 0. The lowest BCUT2D eigenvalue weighted by Crippen LogP contribution is -2.42. The smallest absolute Gasteiger partial charge is 0.256 e. The van der Waals surface area contributed by atoms with Crippen LogP contribution < -0.4 is 5.56 Å². The number of rotatable bonds is 3. The zero-order valence-corrected chi connectivity index (χ0v) is 14.0. The van der Waals surface area contributed by atoms with E-state index in [0.29, 0.717) is 18.4 Å². The average molecular weight is 315 g/mol. The number of aromatic nitrogens is 2. The van der Waals surface area contributed by atoms with Gasteiger partial charge in [-0.05, 0) is 45.4 Å². The van der Waals surface area contributed by atoms with E-state index in [1.54, 1.807) is 10.9 Å². The van der Waals surface area contributed by atoms with Crippen LogP contribution in [0.25, 0.3) is 0 Å². The fourth-order valence-electron chi connectivity index (χ4n) is 3.50. The summed E-state index contributed by atoms with van der Waals surface area (Å²) in [4.78, 5) is 31.0. The van der Waals surface area contributed by atoms with Crippen LogP contribution >= 0.6 is 0 Å². The molecule has 23 heavy (non-hydrogen) atoms. The van der Waals surface area contributed by atoms with Crippen LogP contribution in [0, 0.1) is 25.7 Å². The van der Waals surface area contributed by atoms with Crippen molar-refractivity contribution in [2.45, 2.75) is 46.1 Å². The molecule has 2 heterocycles. The molecule has 0 radical (unpaired) electrons. The number of piperidine rings is 1. The monoisotopic (exact) mass is 315 g/mol. The van der Waals surface area contributed by atoms with E-state index in [2.05, 4.69) is 17.1 Å². The van der Waals surface area contributed by atoms with Gasteiger partial charge in [0.05, 0.1) is 6.33 Å². The Labute approximate surface area is 137 Å². The molecule has 5 heteroatoms. The average Bonchev–Trinajstić information content (AvgIpc) is 3.10. The van der Waals surface area contributed by atoms with Gasteiger partial charge in [-0.25, -0.2) is 4.98 Å². The lowest BCUT2D eigenvalue weighted by molar-refractivity contribution is -0.136. The van der Waals surface area contributed by atoms with Gasteiger partial charge in [0.1, 0.15) is 0 Å². The summed E-state index contributed by atoms with van der Waals surface area (Å²) < 4.78 is 1.73. The molecule has 1 fully saturated rings. The summed E-state index contributed by atoms with van der Waals surface area (Å²) in [6.45, 7) is 6.03. The number of likely N-dealkylation sites (tertiary alicyclic amines) is 1. The molecule has 0 bridgehead atoms. The van der Waals surface area contributed by atoms with E-state index in [4.69, 9.17) is 0 Å². The van der Waals surface area contributed by atoms with E-state index in [1.807, 2.05) is 18.7 Å². The fourth-order valence-corrected chi connectivity index (χ4v) is 3.50. The lowest BCUT2D eigenvalue weighted by atomic mass is 9.95. The Morgan fingerprint density at radius 1 is 1.22 bits per heavy atom. The molecule has 124 valence electrons. The first-order chi connectivity index (χ1) is 11.1. The number of carbonyl (C=O) groups is 1. The predicted octanol–water partition coefficient (Wildman–Crippen LogP) is 2.06. The number of aryl methyl sites for hydroxylation is 1. The Morgan fingerprint density at radius 3 is 2.52 bits per heavy atom.